The first-order valence-electron chi connectivity index (χ1n) is 7.45. The Bertz CT molecular complexity index is 256. The van der Waals surface area contributed by atoms with Crippen LogP contribution in [0.5, 0.6) is 0 Å². The van der Waals surface area contributed by atoms with Crippen molar-refractivity contribution in [3.05, 3.63) is 0 Å². The monoisotopic (exact) mass is 253 g/mol. The highest BCUT2D eigenvalue weighted by Gasteiger charge is 2.18. The van der Waals surface area contributed by atoms with Crippen LogP contribution in [0.1, 0.15) is 44.9 Å². The fraction of sp³-hybridized carbons (Fsp3) is 0.929. The normalized spacial score (nSPS) is 24.1. The Morgan fingerprint density at radius 2 is 1.72 bits per heavy atom. The van der Waals surface area contributed by atoms with E-state index in [1.807, 2.05) is 0 Å². The fourth-order valence-electron chi connectivity index (χ4n) is 2.98. The van der Waals surface area contributed by atoms with E-state index < -0.39 is 0 Å². The van der Waals surface area contributed by atoms with Crippen molar-refractivity contribution >= 4 is 5.91 Å². The summed E-state index contributed by atoms with van der Waals surface area (Å²) in [5.74, 6) is 0.181. The van der Waals surface area contributed by atoms with Gasteiger partial charge in [0.1, 0.15) is 0 Å². The summed E-state index contributed by atoms with van der Waals surface area (Å²) in [6, 6.07) is 0.962. The first-order valence-corrected chi connectivity index (χ1v) is 7.45. The lowest BCUT2D eigenvalue weighted by Crippen LogP contribution is -2.46. The van der Waals surface area contributed by atoms with E-state index in [2.05, 4.69) is 22.6 Å². The van der Waals surface area contributed by atoms with E-state index in [4.69, 9.17) is 0 Å². The number of amides is 1. The third kappa shape index (κ3) is 4.58. The van der Waals surface area contributed by atoms with Crippen molar-refractivity contribution < 1.29 is 4.79 Å². The Labute approximate surface area is 110 Å². The van der Waals surface area contributed by atoms with E-state index in [0.29, 0.717) is 18.6 Å². The molecule has 2 rings (SSSR count). The average molecular weight is 253 g/mol. The minimum Gasteiger partial charge on any atom is -0.352 e. The molecule has 18 heavy (non-hydrogen) atoms. The number of likely N-dealkylation sites (tertiary alicyclic amines) is 1. The van der Waals surface area contributed by atoms with Crippen molar-refractivity contribution in [2.24, 2.45) is 0 Å². The van der Waals surface area contributed by atoms with Gasteiger partial charge in [0.05, 0.1) is 6.54 Å². The van der Waals surface area contributed by atoms with Gasteiger partial charge in [-0.3, -0.25) is 4.79 Å². The van der Waals surface area contributed by atoms with Crippen LogP contribution in [0.2, 0.25) is 0 Å². The molecule has 0 aromatic carbocycles. The van der Waals surface area contributed by atoms with E-state index in [9.17, 15) is 4.79 Å². The number of piperidine rings is 1. The van der Waals surface area contributed by atoms with Gasteiger partial charge in [-0.1, -0.05) is 19.3 Å². The summed E-state index contributed by atoms with van der Waals surface area (Å²) >= 11 is 0. The summed E-state index contributed by atoms with van der Waals surface area (Å²) in [6.45, 7) is 2.77. The van der Waals surface area contributed by atoms with Crippen LogP contribution in [0.4, 0.5) is 0 Å². The zero-order valence-electron chi connectivity index (χ0n) is 11.6. The Kier molecular flexibility index (Phi) is 5.45. The van der Waals surface area contributed by atoms with Crippen LogP contribution >= 0.6 is 0 Å². The highest BCUT2D eigenvalue weighted by atomic mass is 16.1. The maximum Gasteiger partial charge on any atom is 0.234 e. The Balaban J connectivity index is 1.59. The molecule has 1 heterocycles. The molecule has 2 fully saturated rings. The second-order valence-electron chi connectivity index (χ2n) is 5.86. The predicted molar refractivity (Wildman–Crippen MR) is 73.5 cm³/mol. The van der Waals surface area contributed by atoms with E-state index in [0.717, 1.165) is 25.9 Å². The van der Waals surface area contributed by atoms with Crippen molar-refractivity contribution in [1.29, 1.82) is 0 Å². The van der Waals surface area contributed by atoms with Crippen LogP contribution in [-0.2, 0) is 4.79 Å². The third-order valence-electron chi connectivity index (χ3n) is 4.24. The van der Waals surface area contributed by atoms with Gasteiger partial charge in [-0.25, -0.2) is 0 Å². The van der Waals surface area contributed by atoms with E-state index in [-0.39, 0.29) is 5.91 Å². The Hall–Kier alpha value is -0.610. The largest absolute Gasteiger partial charge is 0.352 e. The van der Waals surface area contributed by atoms with Crippen LogP contribution in [-0.4, -0.2) is 49.6 Å². The molecule has 0 aromatic heterocycles. The summed E-state index contributed by atoms with van der Waals surface area (Å²) in [4.78, 5) is 14.2. The van der Waals surface area contributed by atoms with Gasteiger partial charge in [-0.05, 0) is 45.8 Å². The van der Waals surface area contributed by atoms with E-state index in [1.54, 1.807) is 0 Å². The van der Waals surface area contributed by atoms with Gasteiger partial charge in [0, 0.05) is 12.1 Å². The highest BCUT2D eigenvalue weighted by molar-refractivity contribution is 5.78. The molecule has 4 heteroatoms. The molecule has 0 radical (unpaired) electrons. The number of rotatable bonds is 4. The van der Waals surface area contributed by atoms with Gasteiger partial charge < -0.3 is 15.5 Å². The minimum atomic E-state index is 0.181. The smallest absolute Gasteiger partial charge is 0.234 e. The van der Waals surface area contributed by atoms with Crippen LogP contribution in [0, 0.1) is 0 Å². The summed E-state index contributed by atoms with van der Waals surface area (Å²) < 4.78 is 0. The molecule has 0 bridgehead atoms. The van der Waals surface area contributed by atoms with E-state index in [1.165, 1.54) is 32.1 Å². The zero-order valence-corrected chi connectivity index (χ0v) is 11.6. The second kappa shape index (κ2) is 7.10. The van der Waals surface area contributed by atoms with Gasteiger partial charge in [0.15, 0.2) is 0 Å². The van der Waals surface area contributed by atoms with Gasteiger partial charge in [0.25, 0.3) is 0 Å². The molecule has 104 valence electrons. The molecule has 1 saturated heterocycles. The number of carbonyl (C=O) groups excluding carboxylic acids is 1. The minimum absolute atomic E-state index is 0.181. The SMILES string of the molecule is CN1CCC(NCC(=O)NC2CCCCC2)CC1. The number of nitrogens with zero attached hydrogens (tertiary/aromatic N) is 1. The third-order valence-corrected chi connectivity index (χ3v) is 4.24. The number of nitrogens with one attached hydrogen (secondary N) is 2. The molecule has 0 atom stereocenters. The van der Waals surface area contributed by atoms with Gasteiger partial charge in [-0.2, -0.15) is 0 Å². The van der Waals surface area contributed by atoms with Crippen molar-refractivity contribution in [2.45, 2.75) is 57.0 Å². The number of hydrogen-bond donors (Lipinski definition) is 2. The number of hydrogen-bond acceptors (Lipinski definition) is 3. The summed E-state index contributed by atoms with van der Waals surface area (Å²) in [5.41, 5.74) is 0. The van der Waals surface area contributed by atoms with Crippen LogP contribution in [0.3, 0.4) is 0 Å². The summed E-state index contributed by atoms with van der Waals surface area (Å²) in [5, 5.41) is 6.55. The Morgan fingerprint density at radius 3 is 2.39 bits per heavy atom. The molecule has 0 spiro atoms. The van der Waals surface area contributed by atoms with Crippen LogP contribution < -0.4 is 10.6 Å². The Morgan fingerprint density at radius 1 is 1.06 bits per heavy atom. The molecular formula is C14H27N3O. The van der Waals surface area contributed by atoms with Gasteiger partial charge in [-0.15, -0.1) is 0 Å². The van der Waals surface area contributed by atoms with Crippen LogP contribution in [0.25, 0.3) is 0 Å². The lowest BCUT2D eigenvalue weighted by molar-refractivity contribution is -0.121. The molecule has 2 aliphatic rings. The van der Waals surface area contributed by atoms with Crippen molar-refractivity contribution in [1.82, 2.24) is 15.5 Å². The maximum atomic E-state index is 11.8. The van der Waals surface area contributed by atoms with Gasteiger partial charge in [0.2, 0.25) is 5.91 Å². The number of carbonyl (C=O) groups is 1. The lowest BCUT2D eigenvalue weighted by atomic mass is 9.95. The summed E-state index contributed by atoms with van der Waals surface area (Å²) in [6.07, 6.45) is 8.53. The molecular weight excluding hydrogens is 226 g/mol. The highest BCUT2D eigenvalue weighted by Crippen LogP contribution is 2.17. The molecule has 1 saturated carbocycles. The molecule has 4 nitrogen and oxygen atoms in total. The second-order valence-corrected chi connectivity index (χ2v) is 5.86. The van der Waals surface area contributed by atoms with Crippen molar-refractivity contribution in [3.8, 4) is 0 Å². The van der Waals surface area contributed by atoms with Crippen molar-refractivity contribution in [3.63, 3.8) is 0 Å². The standard InChI is InChI=1S/C14H27N3O/c1-17-9-7-12(8-10-17)15-11-14(18)16-13-5-3-2-4-6-13/h12-13,15H,2-11H2,1H3,(H,16,18). The molecule has 1 aliphatic heterocycles. The first-order chi connectivity index (χ1) is 8.74. The quantitative estimate of drug-likeness (QED) is 0.789. The van der Waals surface area contributed by atoms with Crippen molar-refractivity contribution in [2.75, 3.05) is 26.7 Å². The molecule has 1 amide bonds. The molecule has 1 aliphatic carbocycles. The van der Waals surface area contributed by atoms with E-state index >= 15 is 0 Å². The molecule has 0 aromatic rings. The molecule has 0 unspecified atom stereocenters. The summed E-state index contributed by atoms with van der Waals surface area (Å²) in [7, 11) is 2.16. The lowest BCUT2D eigenvalue weighted by Gasteiger charge is -2.29. The average Bonchev–Trinajstić information content (AvgIpc) is 2.39. The van der Waals surface area contributed by atoms with Crippen LogP contribution in [0.15, 0.2) is 0 Å². The maximum absolute atomic E-state index is 11.8. The first kappa shape index (κ1) is 13.8. The topological polar surface area (TPSA) is 44.4 Å². The fourth-order valence-corrected chi connectivity index (χ4v) is 2.98. The molecule has 2 N–H and O–H groups in total. The zero-order chi connectivity index (χ0) is 12.8. The van der Waals surface area contributed by atoms with Gasteiger partial charge >= 0.3 is 0 Å². The predicted octanol–water partition coefficient (Wildman–Crippen LogP) is 1.12.